The second kappa shape index (κ2) is 6.89. The van der Waals surface area contributed by atoms with Gasteiger partial charge in [0.25, 0.3) is 0 Å². The fraction of sp³-hybridized carbons (Fsp3) is 0.200. The van der Waals surface area contributed by atoms with E-state index in [2.05, 4.69) is 4.98 Å². The molecule has 1 aromatic heterocycles. The molecule has 3 aromatic carbocycles. The predicted molar refractivity (Wildman–Crippen MR) is 117 cm³/mol. The number of aliphatic carboxylic acids is 1. The summed E-state index contributed by atoms with van der Waals surface area (Å²) in [6.45, 7) is 7.90. The van der Waals surface area contributed by atoms with Gasteiger partial charge < -0.3 is 10.2 Å². The average Bonchev–Trinajstić information content (AvgIpc) is 2.66. The number of fused-ring (bicyclic) bond motifs is 3. The SMILES string of the molecule is Cc1ccc(-c2c(CC(=O)O)c(C)c3nc(O)c4c(C)cccc4c3c2C)cc1. The molecule has 4 rings (SSSR count). The minimum atomic E-state index is -0.888. The summed E-state index contributed by atoms with van der Waals surface area (Å²) in [5, 5.41) is 22.8. The second-order valence-corrected chi connectivity index (χ2v) is 7.70. The number of hydrogen-bond acceptors (Lipinski definition) is 3. The number of aryl methyl sites for hydroxylation is 4. The maximum atomic E-state index is 11.7. The minimum absolute atomic E-state index is 0.0162. The van der Waals surface area contributed by atoms with Crippen molar-refractivity contribution in [3.05, 3.63) is 70.3 Å². The Hall–Kier alpha value is -3.40. The Balaban J connectivity index is 2.23. The molecule has 0 bridgehead atoms. The van der Waals surface area contributed by atoms with Crippen LogP contribution in [0.1, 0.15) is 27.8 Å². The van der Waals surface area contributed by atoms with Gasteiger partial charge in [-0.15, -0.1) is 0 Å². The van der Waals surface area contributed by atoms with E-state index in [1.54, 1.807) is 0 Å². The Morgan fingerprint density at radius 1 is 0.931 bits per heavy atom. The first-order valence-corrected chi connectivity index (χ1v) is 9.62. The molecule has 0 aliphatic heterocycles. The molecule has 4 heteroatoms. The van der Waals surface area contributed by atoms with Crippen LogP contribution in [0.5, 0.6) is 5.88 Å². The Bertz CT molecular complexity index is 1290. The molecule has 1 heterocycles. The summed E-state index contributed by atoms with van der Waals surface area (Å²) in [6, 6.07) is 14.1. The van der Waals surface area contributed by atoms with E-state index in [9.17, 15) is 15.0 Å². The van der Waals surface area contributed by atoms with Crippen LogP contribution >= 0.6 is 0 Å². The van der Waals surface area contributed by atoms with Crippen LogP contribution < -0.4 is 0 Å². The van der Waals surface area contributed by atoms with Gasteiger partial charge in [0.1, 0.15) is 0 Å². The van der Waals surface area contributed by atoms with Crippen LogP contribution in [0.25, 0.3) is 32.8 Å². The summed E-state index contributed by atoms with van der Waals surface area (Å²) in [7, 11) is 0. The van der Waals surface area contributed by atoms with E-state index in [4.69, 9.17) is 0 Å². The van der Waals surface area contributed by atoms with Crippen molar-refractivity contribution < 1.29 is 15.0 Å². The van der Waals surface area contributed by atoms with Crippen LogP contribution in [0.4, 0.5) is 0 Å². The molecule has 0 aliphatic rings. The lowest BCUT2D eigenvalue weighted by atomic mass is 9.85. The monoisotopic (exact) mass is 385 g/mol. The van der Waals surface area contributed by atoms with E-state index in [0.717, 1.165) is 55.1 Å². The first-order chi connectivity index (χ1) is 13.8. The van der Waals surface area contributed by atoms with Gasteiger partial charge in [-0.2, -0.15) is 0 Å². The molecule has 0 saturated heterocycles. The quantitative estimate of drug-likeness (QED) is 0.449. The molecule has 0 spiro atoms. The normalized spacial score (nSPS) is 11.3. The summed E-state index contributed by atoms with van der Waals surface area (Å²) >= 11 is 0. The summed E-state index contributed by atoms with van der Waals surface area (Å²) < 4.78 is 0. The lowest BCUT2D eigenvalue weighted by molar-refractivity contribution is -0.136. The molecule has 4 nitrogen and oxygen atoms in total. The first kappa shape index (κ1) is 18.9. The molecule has 0 saturated carbocycles. The van der Waals surface area contributed by atoms with Crippen molar-refractivity contribution in [1.29, 1.82) is 0 Å². The highest BCUT2D eigenvalue weighted by Crippen LogP contribution is 2.41. The van der Waals surface area contributed by atoms with Crippen LogP contribution in [-0.4, -0.2) is 21.2 Å². The molecule has 0 unspecified atom stereocenters. The summed E-state index contributed by atoms with van der Waals surface area (Å²) in [5.74, 6) is -0.904. The number of hydrogen-bond donors (Lipinski definition) is 2. The van der Waals surface area contributed by atoms with Crippen molar-refractivity contribution in [3.8, 4) is 17.0 Å². The smallest absolute Gasteiger partial charge is 0.307 e. The van der Waals surface area contributed by atoms with E-state index >= 15 is 0 Å². The zero-order valence-electron chi connectivity index (χ0n) is 17.0. The van der Waals surface area contributed by atoms with Crippen molar-refractivity contribution in [3.63, 3.8) is 0 Å². The highest BCUT2D eigenvalue weighted by atomic mass is 16.4. The highest BCUT2D eigenvalue weighted by Gasteiger charge is 2.22. The Labute approximate surface area is 169 Å². The first-order valence-electron chi connectivity index (χ1n) is 9.62. The van der Waals surface area contributed by atoms with E-state index in [1.807, 2.05) is 70.2 Å². The number of rotatable bonds is 3. The van der Waals surface area contributed by atoms with Gasteiger partial charge in [-0.25, -0.2) is 4.98 Å². The lowest BCUT2D eigenvalue weighted by Crippen LogP contribution is -2.07. The standard InChI is InChI=1S/C25H23NO3/c1-13-8-10-17(11-9-13)22-16(4)23-18-7-5-6-14(2)21(18)25(29)26-24(23)15(3)19(22)12-20(27)28/h5-11H,12H2,1-4H3,(H,26,29)(H,27,28). The highest BCUT2D eigenvalue weighted by molar-refractivity contribution is 6.13. The van der Waals surface area contributed by atoms with Crippen LogP contribution in [0.3, 0.4) is 0 Å². The zero-order valence-corrected chi connectivity index (χ0v) is 17.0. The number of nitrogens with zero attached hydrogens (tertiary/aromatic N) is 1. The van der Waals surface area contributed by atoms with Crippen molar-refractivity contribution in [2.75, 3.05) is 0 Å². The van der Waals surface area contributed by atoms with E-state index in [1.165, 1.54) is 0 Å². The van der Waals surface area contributed by atoms with Gasteiger partial charge in [0.05, 0.1) is 11.9 Å². The van der Waals surface area contributed by atoms with Crippen LogP contribution in [0, 0.1) is 27.7 Å². The van der Waals surface area contributed by atoms with Crippen molar-refractivity contribution in [2.24, 2.45) is 0 Å². The fourth-order valence-corrected chi connectivity index (χ4v) is 4.33. The largest absolute Gasteiger partial charge is 0.493 e. The molecule has 0 fully saturated rings. The summed E-state index contributed by atoms with van der Waals surface area (Å²) in [6.07, 6.45) is -0.0971. The number of carbonyl (C=O) groups is 1. The molecular formula is C25H23NO3. The third kappa shape index (κ3) is 3.01. The third-order valence-corrected chi connectivity index (χ3v) is 5.75. The fourth-order valence-electron chi connectivity index (χ4n) is 4.33. The van der Waals surface area contributed by atoms with Crippen molar-refractivity contribution in [2.45, 2.75) is 34.1 Å². The molecule has 29 heavy (non-hydrogen) atoms. The number of carboxylic acids is 1. The third-order valence-electron chi connectivity index (χ3n) is 5.75. The molecule has 0 amide bonds. The van der Waals surface area contributed by atoms with Crippen molar-refractivity contribution >= 4 is 27.6 Å². The number of aromatic hydroxyl groups is 1. The Morgan fingerprint density at radius 2 is 1.62 bits per heavy atom. The maximum absolute atomic E-state index is 11.7. The Morgan fingerprint density at radius 3 is 2.28 bits per heavy atom. The van der Waals surface area contributed by atoms with Crippen LogP contribution in [0.15, 0.2) is 42.5 Å². The Kier molecular flexibility index (Phi) is 4.50. The molecule has 4 aromatic rings. The van der Waals surface area contributed by atoms with Gasteiger partial charge in [0.15, 0.2) is 0 Å². The average molecular weight is 385 g/mol. The van der Waals surface area contributed by atoms with Crippen LogP contribution in [-0.2, 0) is 11.2 Å². The summed E-state index contributed by atoms with van der Waals surface area (Å²) in [4.78, 5) is 16.2. The van der Waals surface area contributed by atoms with Crippen LogP contribution in [0.2, 0.25) is 0 Å². The molecule has 2 N–H and O–H groups in total. The minimum Gasteiger partial charge on any atom is -0.493 e. The number of carboxylic acid groups (broad SMARTS) is 1. The molecule has 0 aliphatic carbocycles. The molecule has 0 atom stereocenters. The number of pyridine rings is 1. The predicted octanol–water partition coefficient (Wildman–Crippen LogP) is 5.62. The van der Waals surface area contributed by atoms with Gasteiger partial charge >= 0.3 is 5.97 Å². The molecule has 146 valence electrons. The van der Waals surface area contributed by atoms with E-state index in [0.29, 0.717) is 5.52 Å². The van der Waals surface area contributed by atoms with E-state index < -0.39 is 5.97 Å². The second-order valence-electron chi connectivity index (χ2n) is 7.70. The maximum Gasteiger partial charge on any atom is 0.307 e. The molecular weight excluding hydrogens is 362 g/mol. The van der Waals surface area contributed by atoms with Gasteiger partial charge in [-0.05, 0) is 66.5 Å². The number of aromatic nitrogens is 1. The topological polar surface area (TPSA) is 70.4 Å². The van der Waals surface area contributed by atoms with Gasteiger partial charge in [-0.1, -0.05) is 48.0 Å². The van der Waals surface area contributed by atoms with Gasteiger partial charge in [-0.3, -0.25) is 4.79 Å². The summed E-state index contributed by atoms with van der Waals surface area (Å²) in [5.41, 5.74) is 7.21. The molecule has 0 radical (unpaired) electrons. The van der Waals surface area contributed by atoms with Crippen molar-refractivity contribution in [1.82, 2.24) is 4.98 Å². The zero-order chi connectivity index (χ0) is 20.9. The lowest BCUT2D eigenvalue weighted by Gasteiger charge is -2.20. The van der Waals surface area contributed by atoms with E-state index in [-0.39, 0.29) is 12.3 Å². The van der Waals surface area contributed by atoms with Gasteiger partial charge in [0, 0.05) is 10.8 Å². The number of benzene rings is 3. The van der Waals surface area contributed by atoms with Gasteiger partial charge in [0.2, 0.25) is 5.88 Å².